The maximum Gasteiger partial charge on any atom is 0.323 e. The van der Waals surface area contributed by atoms with Crippen molar-refractivity contribution in [3.8, 4) is 11.5 Å². The molecule has 0 saturated carbocycles. The van der Waals surface area contributed by atoms with E-state index >= 15 is 0 Å². The molecule has 2 N–H and O–H groups in total. The highest BCUT2D eigenvalue weighted by Gasteiger charge is 2.11. The van der Waals surface area contributed by atoms with E-state index in [1.807, 2.05) is 25.1 Å². The molecule has 0 radical (unpaired) electrons. The second kappa shape index (κ2) is 7.54. The average molecular weight is 314 g/mol. The molecule has 0 aliphatic rings. The summed E-state index contributed by atoms with van der Waals surface area (Å²) in [5.41, 5.74) is 3.56. The summed E-state index contributed by atoms with van der Waals surface area (Å²) in [6.07, 6.45) is 0.850. The summed E-state index contributed by atoms with van der Waals surface area (Å²) in [7, 11) is 3.13. The molecule has 0 saturated heterocycles. The first kappa shape index (κ1) is 16.7. The van der Waals surface area contributed by atoms with Crippen molar-refractivity contribution >= 4 is 17.4 Å². The van der Waals surface area contributed by atoms with E-state index in [0.29, 0.717) is 17.2 Å². The molecule has 0 heterocycles. The van der Waals surface area contributed by atoms with Crippen LogP contribution in [0.2, 0.25) is 0 Å². The molecule has 0 aliphatic carbocycles. The molecule has 0 unspecified atom stereocenters. The van der Waals surface area contributed by atoms with Gasteiger partial charge in [0.25, 0.3) is 0 Å². The van der Waals surface area contributed by atoms with Gasteiger partial charge in [-0.1, -0.05) is 25.1 Å². The van der Waals surface area contributed by atoms with Crippen molar-refractivity contribution in [3.05, 3.63) is 47.5 Å². The molecule has 2 amide bonds. The Hall–Kier alpha value is -2.69. The van der Waals surface area contributed by atoms with Gasteiger partial charge in [0.2, 0.25) is 0 Å². The maximum atomic E-state index is 12.3. The fourth-order valence-electron chi connectivity index (χ4n) is 2.37. The number of methoxy groups -OCH3 is 2. The van der Waals surface area contributed by atoms with Crippen molar-refractivity contribution in [2.24, 2.45) is 0 Å². The molecule has 0 aliphatic heterocycles. The number of urea groups is 1. The summed E-state index contributed by atoms with van der Waals surface area (Å²) in [6.45, 7) is 4.03. The van der Waals surface area contributed by atoms with Crippen LogP contribution in [0.15, 0.2) is 36.4 Å². The Bertz CT molecular complexity index is 699. The maximum absolute atomic E-state index is 12.3. The Labute approximate surface area is 136 Å². The molecular formula is C18H22N2O3. The van der Waals surface area contributed by atoms with E-state index in [4.69, 9.17) is 9.47 Å². The zero-order chi connectivity index (χ0) is 16.8. The standard InChI is InChI=1S/C18H22N2O3/c1-5-13-8-6-7-12(2)17(13)20-18(21)19-15-10-9-14(22-3)11-16(15)23-4/h6-11H,5H2,1-4H3,(H2,19,20,21). The van der Waals surface area contributed by atoms with E-state index in [-0.39, 0.29) is 6.03 Å². The van der Waals surface area contributed by atoms with Gasteiger partial charge in [-0.05, 0) is 36.6 Å². The number of anilines is 2. The molecule has 23 heavy (non-hydrogen) atoms. The molecule has 5 nitrogen and oxygen atoms in total. The van der Waals surface area contributed by atoms with E-state index in [1.54, 1.807) is 32.4 Å². The van der Waals surface area contributed by atoms with Crippen LogP contribution in [0.4, 0.5) is 16.2 Å². The molecule has 0 spiro atoms. The van der Waals surface area contributed by atoms with E-state index in [1.165, 1.54) is 0 Å². The summed E-state index contributed by atoms with van der Waals surface area (Å²) in [5.74, 6) is 1.21. The lowest BCUT2D eigenvalue weighted by Crippen LogP contribution is -2.21. The van der Waals surface area contributed by atoms with Gasteiger partial charge in [-0.25, -0.2) is 4.79 Å². The Morgan fingerprint density at radius 1 is 1.09 bits per heavy atom. The lowest BCUT2D eigenvalue weighted by Gasteiger charge is -2.15. The number of rotatable bonds is 5. The average Bonchev–Trinajstić information content (AvgIpc) is 2.57. The van der Waals surface area contributed by atoms with Crippen molar-refractivity contribution in [2.75, 3.05) is 24.9 Å². The Kier molecular flexibility index (Phi) is 5.46. The molecule has 0 atom stereocenters. The Balaban J connectivity index is 2.17. The zero-order valence-electron chi connectivity index (χ0n) is 13.9. The number of benzene rings is 2. The molecule has 2 aromatic rings. The molecule has 2 aromatic carbocycles. The second-order valence-corrected chi connectivity index (χ2v) is 5.11. The normalized spacial score (nSPS) is 10.1. The second-order valence-electron chi connectivity index (χ2n) is 5.11. The number of hydrogen-bond acceptors (Lipinski definition) is 3. The van der Waals surface area contributed by atoms with Crippen LogP contribution in [0.1, 0.15) is 18.1 Å². The van der Waals surface area contributed by atoms with Crippen molar-refractivity contribution in [3.63, 3.8) is 0 Å². The quantitative estimate of drug-likeness (QED) is 0.868. The van der Waals surface area contributed by atoms with Gasteiger partial charge in [0, 0.05) is 11.8 Å². The lowest BCUT2D eigenvalue weighted by molar-refractivity contribution is 0.262. The summed E-state index contributed by atoms with van der Waals surface area (Å²) in [5, 5.41) is 5.73. The van der Waals surface area contributed by atoms with Crippen LogP contribution in [-0.2, 0) is 6.42 Å². The number of hydrogen-bond donors (Lipinski definition) is 2. The molecular weight excluding hydrogens is 292 g/mol. The van der Waals surface area contributed by atoms with Crippen LogP contribution in [-0.4, -0.2) is 20.3 Å². The molecule has 0 bridgehead atoms. The smallest absolute Gasteiger partial charge is 0.323 e. The first-order valence-electron chi connectivity index (χ1n) is 7.47. The minimum Gasteiger partial charge on any atom is -0.497 e. The van der Waals surface area contributed by atoms with Crippen LogP contribution < -0.4 is 20.1 Å². The van der Waals surface area contributed by atoms with Gasteiger partial charge in [-0.2, -0.15) is 0 Å². The van der Waals surface area contributed by atoms with Crippen molar-refractivity contribution < 1.29 is 14.3 Å². The van der Waals surface area contributed by atoms with Gasteiger partial charge in [0.15, 0.2) is 0 Å². The van der Waals surface area contributed by atoms with E-state index in [0.717, 1.165) is 23.2 Å². The SMILES string of the molecule is CCc1cccc(C)c1NC(=O)Nc1ccc(OC)cc1OC. The largest absolute Gasteiger partial charge is 0.497 e. The highest BCUT2D eigenvalue weighted by molar-refractivity contribution is 6.01. The van der Waals surface area contributed by atoms with Crippen LogP contribution in [0.5, 0.6) is 11.5 Å². The van der Waals surface area contributed by atoms with Gasteiger partial charge in [-0.15, -0.1) is 0 Å². The summed E-state index contributed by atoms with van der Waals surface area (Å²) in [4.78, 5) is 12.3. The Morgan fingerprint density at radius 2 is 1.87 bits per heavy atom. The minimum atomic E-state index is -0.308. The number of para-hydroxylation sites is 1. The molecule has 2 rings (SSSR count). The van der Waals surface area contributed by atoms with Crippen LogP contribution in [0, 0.1) is 6.92 Å². The van der Waals surface area contributed by atoms with Gasteiger partial charge < -0.3 is 20.1 Å². The third-order valence-electron chi connectivity index (χ3n) is 3.64. The third-order valence-corrected chi connectivity index (χ3v) is 3.64. The summed E-state index contributed by atoms with van der Waals surface area (Å²) in [6, 6.07) is 10.9. The number of aryl methyl sites for hydroxylation is 2. The predicted octanol–water partition coefficient (Wildman–Crippen LogP) is 4.22. The fourth-order valence-corrected chi connectivity index (χ4v) is 2.37. The number of carbonyl (C=O) groups excluding carboxylic acids is 1. The number of nitrogens with one attached hydrogen (secondary N) is 2. The number of amides is 2. The van der Waals surface area contributed by atoms with Crippen molar-refractivity contribution in [1.82, 2.24) is 0 Å². The topological polar surface area (TPSA) is 59.6 Å². The van der Waals surface area contributed by atoms with Gasteiger partial charge in [0.1, 0.15) is 11.5 Å². The molecule has 0 aromatic heterocycles. The predicted molar refractivity (Wildman–Crippen MR) is 92.7 cm³/mol. The van der Waals surface area contributed by atoms with Gasteiger partial charge >= 0.3 is 6.03 Å². The monoisotopic (exact) mass is 314 g/mol. The first-order chi connectivity index (χ1) is 11.1. The van der Waals surface area contributed by atoms with Crippen molar-refractivity contribution in [2.45, 2.75) is 20.3 Å². The first-order valence-corrected chi connectivity index (χ1v) is 7.47. The summed E-state index contributed by atoms with van der Waals surface area (Å²) < 4.78 is 10.4. The zero-order valence-corrected chi connectivity index (χ0v) is 13.9. The lowest BCUT2D eigenvalue weighted by atomic mass is 10.1. The van der Waals surface area contributed by atoms with E-state index in [9.17, 15) is 4.79 Å². The number of carbonyl (C=O) groups is 1. The minimum absolute atomic E-state index is 0.308. The highest BCUT2D eigenvalue weighted by atomic mass is 16.5. The van der Waals surface area contributed by atoms with Gasteiger partial charge in [0.05, 0.1) is 19.9 Å². The molecule has 5 heteroatoms. The summed E-state index contributed by atoms with van der Waals surface area (Å²) >= 11 is 0. The molecule has 0 fully saturated rings. The van der Waals surface area contributed by atoms with Crippen LogP contribution >= 0.6 is 0 Å². The Morgan fingerprint density at radius 3 is 2.52 bits per heavy atom. The number of ether oxygens (including phenoxy) is 2. The third kappa shape index (κ3) is 3.94. The highest BCUT2D eigenvalue weighted by Crippen LogP contribution is 2.29. The van der Waals surface area contributed by atoms with Crippen LogP contribution in [0.25, 0.3) is 0 Å². The fraction of sp³-hybridized carbons (Fsp3) is 0.278. The van der Waals surface area contributed by atoms with Crippen molar-refractivity contribution in [1.29, 1.82) is 0 Å². The van der Waals surface area contributed by atoms with Crippen LogP contribution in [0.3, 0.4) is 0 Å². The van der Waals surface area contributed by atoms with Gasteiger partial charge in [-0.3, -0.25) is 0 Å². The van der Waals surface area contributed by atoms with E-state index < -0.39 is 0 Å². The van der Waals surface area contributed by atoms with E-state index in [2.05, 4.69) is 17.6 Å². The molecule has 122 valence electrons.